The van der Waals surface area contributed by atoms with Gasteiger partial charge in [0.2, 0.25) is 0 Å². The molecule has 0 heterocycles. The quantitative estimate of drug-likeness (QED) is 0.666. The summed E-state index contributed by atoms with van der Waals surface area (Å²) < 4.78 is 6.05. The molecule has 3 saturated carbocycles. The molecule has 3 aliphatic carbocycles. The highest BCUT2D eigenvalue weighted by Crippen LogP contribution is 2.53. The summed E-state index contributed by atoms with van der Waals surface area (Å²) >= 11 is 0. The summed E-state index contributed by atoms with van der Waals surface area (Å²) in [6.45, 7) is 5.60. The molecule has 1 heteroatoms. The second-order valence-corrected chi connectivity index (χ2v) is 7.82. The molecule has 1 nitrogen and oxygen atoms in total. The third-order valence-corrected chi connectivity index (χ3v) is 6.74. The van der Waals surface area contributed by atoms with Gasteiger partial charge in [-0.1, -0.05) is 26.7 Å². The highest BCUT2D eigenvalue weighted by Gasteiger charge is 2.44. The predicted molar refractivity (Wildman–Crippen MR) is 84.7 cm³/mol. The summed E-state index contributed by atoms with van der Waals surface area (Å²) in [4.78, 5) is 0. The molecule has 6 atom stereocenters. The molecule has 116 valence electrons. The Kier molecular flexibility index (Phi) is 5.07. The minimum atomic E-state index is 0.597. The van der Waals surface area contributed by atoms with Crippen molar-refractivity contribution in [3.8, 4) is 0 Å². The second kappa shape index (κ2) is 6.81. The molecular weight excluding hydrogens is 244 g/mol. The summed E-state index contributed by atoms with van der Waals surface area (Å²) in [5, 5.41) is 0. The summed E-state index contributed by atoms with van der Waals surface area (Å²) in [6, 6.07) is 0. The number of rotatable bonds is 4. The van der Waals surface area contributed by atoms with Gasteiger partial charge in [-0.15, -0.1) is 0 Å². The van der Waals surface area contributed by atoms with Gasteiger partial charge in [0.25, 0.3) is 0 Å². The van der Waals surface area contributed by atoms with E-state index in [4.69, 9.17) is 4.74 Å². The topological polar surface area (TPSA) is 9.23 Å². The van der Waals surface area contributed by atoms with Gasteiger partial charge in [0.05, 0.1) is 6.10 Å². The van der Waals surface area contributed by atoms with Crippen LogP contribution in [0.15, 0.2) is 0 Å². The number of ether oxygens (including phenoxy) is 1. The molecule has 3 aliphatic rings. The Bertz CT molecular complexity index is 300. The van der Waals surface area contributed by atoms with Gasteiger partial charge in [-0.25, -0.2) is 0 Å². The van der Waals surface area contributed by atoms with Gasteiger partial charge in [0.1, 0.15) is 0 Å². The van der Waals surface area contributed by atoms with Crippen LogP contribution in [0.3, 0.4) is 0 Å². The molecule has 0 spiro atoms. The normalized spacial score (nSPS) is 44.7. The smallest absolute Gasteiger partial charge is 0.0578 e. The van der Waals surface area contributed by atoms with Crippen molar-refractivity contribution in [2.45, 2.75) is 84.2 Å². The maximum atomic E-state index is 6.05. The number of fused-ring (bicyclic) bond motifs is 3. The van der Waals surface area contributed by atoms with E-state index in [1.165, 1.54) is 51.4 Å². The minimum Gasteiger partial charge on any atom is -0.378 e. The van der Waals surface area contributed by atoms with Crippen LogP contribution < -0.4 is 0 Å². The van der Waals surface area contributed by atoms with Crippen LogP contribution in [0.1, 0.15) is 78.1 Å². The van der Waals surface area contributed by atoms with Crippen molar-refractivity contribution in [1.82, 2.24) is 0 Å². The maximum Gasteiger partial charge on any atom is 0.0578 e. The van der Waals surface area contributed by atoms with Crippen molar-refractivity contribution in [1.29, 1.82) is 0 Å². The van der Waals surface area contributed by atoms with E-state index >= 15 is 0 Å². The van der Waals surface area contributed by atoms with Crippen molar-refractivity contribution < 1.29 is 4.74 Å². The molecule has 0 bridgehead atoms. The van der Waals surface area contributed by atoms with Gasteiger partial charge in [-0.3, -0.25) is 0 Å². The minimum absolute atomic E-state index is 0.597. The van der Waals surface area contributed by atoms with Crippen LogP contribution in [0, 0.1) is 29.6 Å². The first kappa shape index (κ1) is 14.9. The molecule has 6 unspecified atom stereocenters. The van der Waals surface area contributed by atoms with Crippen molar-refractivity contribution in [2.75, 3.05) is 6.61 Å². The van der Waals surface area contributed by atoms with Crippen LogP contribution in [-0.2, 0) is 4.74 Å². The molecule has 0 radical (unpaired) electrons. The van der Waals surface area contributed by atoms with Gasteiger partial charge in [-0.2, -0.15) is 0 Å². The lowest BCUT2D eigenvalue weighted by molar-refractivity contribution is -0.0528. The molecule has 0 aromatic rings. The van der Waals surface area contributed by atoms with Gasteiger partial charge in [0.15, 0.2) is 0 Å². The summed E-state index contributed by atoms with van der Waals surface area (Å²) in [5.74, 6) is 5.29. The van der Waals surface area contributed by atoms with Gasteiger partial charge >= 0.3 is 0 Å². The Balaban J connectivity index is 1.56. The average molecular weight is 278 g/mol. The monoisotopic (exact) mass is 278 g/mol. The van der Waals surface area contributed by atoms with Crippen LogP contribution in [0.5, 0.6) is 0 Å². The van der Waals surface area contributed by atoms with Crippen molar-refractivity contribution >= 4 is 0 Å². The van der Waals surface area contributed by atoms with Crippen LogP contribution >= 0.6 is 0 Å². The van der Waals surface area contributed by atoms with E-state index in [2.05, 4.69) is 13.8 Å². The highest BCUT2D eigenvalue weighted by molar-refractivity contribution is 4.94. The molecular formula is C19H34O. The summed E-state index contributed by atoms with van der Waals surface area (Å²) in [5.41, 5.74) is 0. The Hall–Kier alpha value is -0.0400. The molecule has 0 saturated heterocycles. The largest absolute Gasteiger partial charge is 0.378 e. The first-order valence-electron chi connectivity index (χ1n) is 9.43. The van der Waals surface area contributed by atoms with Crippen LogP contribution in [-0.4, -0.2) is 12.7 Å². The Morgan fingerprint density at radius 2 is 1.50 bits per heavy atom. The Morgan fingerprint density at radius 3 is 2.20 bits per heavy atom. The van der Waals surface area contributed by atoms with Gasteiger partial charge in [0, 0.05) is 6.61 Å². The zero-order valence-electron chi connectivity index (χ0n) is 13.7. The van der Waals surface area contributed by atoms with E-state index in [9.17, 15) is 0 Å². The number of hydrogen-bond donors (Lipinski definition) is 0. The van der Waals surface area contributed by atoms with Gasteiger partial charge < -0.3 is 4.74 Å². The fraction of sp³-hybridized carbons (Fsp3) is 1.00. The highest BCUT2D eigenvalue weighted by atomic mass is 16.5. The number of hydrogen-bond acceptors (Lipinski definition) is 1. The first-order chi connectivity index (χ1) is 9.81. The molecule has 0 aliphatic heterocycles. The van der Waals surface area contributed by atoms with Crippen molar-refractivity contribution in [2.24, 2.45) is 29.6 Å². The predicted octanol–water partition coefficient (Wildman–Crippen LogP) is 5.43. The molecule has 0 N–H and O–H groups in total. The zero-order valence-corrected chi connectivity index (χ0v) is 13.7. The third-order valence-electron chi connectivity index (χ3n) is 6.74. The van der Waals surface area contributed by atoms with E-state index in [1.807, 2.05) is 0 Å². The summed E-state index contributed by atoms with van der Waals surface area (Å²) in [6.07, 6.45) is 15.1. The van der Waals surface area contributed by atoms with E-state index in [1.54, 1.807) is 12.8 Å². The molecule has 0 amide bonds. The molecule has 0 aromatic heterocycles. The van der Waals surface area contributed by atoms with Crippen LogP contribution in [0.25, 0.3) is 0 Å². The lowest BCUT2D eigenvalue weighted by Crippen LogP contribution is -2.42. The van der Waals surface area contributed by atoms with Crippen molar-refractivity contribution in [3.05, 3.63) is 0 Å². The van der Waals surface area contributed by atoms with Crippen LogP contribution in [0.2, 0.25) is 0 Å². The lowest BCUT2D eigenvalue weighted by Gasteiger charge is -2.50. The average Bonchev–Trinajstić information content (AvgIpc) is 2.51. The molecule has 0 aromatic carbocycles. The Labute approximate surface area is 125 Å². The molecule has 20 heavy (non-hydrogen) atoms. The fourth-order valence-electron chi connectivity index (χ4n) is 5.66. The zero-order chi connectivity index (χ0) is 13.9. The van der Waals surface area contributed by atoms with E-state index in [0.29, 0.717) is 6.10 Å². The van der Waals surface area contributed by atoms with Crippen molar-refractivity contribution in [3.63, 3.8) is 0 Å². The van der Waals surface area contributed by atoms with E-state index in [0.717, 1.165) is 36.2 Å². The van der Waals surface area contributed by atoms with Crippen LogP contribution in [0.4, 0.5) is 0 Å². The maximum absolute atomic E-state index is 6.05. The fourth-order valence-corrected chi connectivity index (χ4v) is 5.66. The van der Waals surface area contributed by atoms with E-state index in [-0.39, 0.29) is 0 Å². The van der Waals surface area contributed by atoms with Gasteiger partial charge in [-0.05, 0) is 81.0 Å². The summed E-state index contributed by atoms with van der Waals surface area (Å²) in [7, 11) is 0. The first-order valence-corrected chi connectivity index (χ1v) is 9.43. The van der Waals surface area contributed by atoms with E-state index < -0.39 is 0 Å². The Morgan fingerprint density at radius 1 is 0.800 bits per heavy atom. The lowest BCUT2D eigenvalue weighted by atomic mass is 9.56. The molecule has 3 fully saturated rings. The third kappa shape index (κ3) is 3.08. The SMILES string of the molecule is CCCOC1CCC2C(CCC3CC(CC)CCC32)C1. The standard InChI is InChI=1S/C19H34O/c1-3-11-20-17-8-10-19-16(13-17)7-6-15-12-14(4-2)5-9-18(15)19/h14-19H,3-13H2,1-2H3. The second-order valence-electron chi connectivity index (χ2n) is 7.82. The molecule has 3 rings (SSSR count).